The van der Waals surface area contributed by atoms with E-state index in [1.165, 1.54) is 27.6 Å². The van der Waals surface area contributed by atoms with Crippen LogP contribution in [0, 0.1) is 19.3 Å². The van der Waals surface area contributed by atoms with Crippen molar-refractivity contribution in [1.29, 1.82) is 5.41 Å². The predicted molar refractivity (Wildman–Crippen MR) is 191 cm³/mol. The number of hydrogen-bond acceptors (Lipinski definition) is 7. The summed E-state index contributed by atoms with van der Waals surface area (Å²) in [5.74, 6) is 0.0419. The summed E-state index contributed by atoms with van der Waals surface area (Å²) >= 11 is 0. The van der Waals surface area contributed by atoms with Crippen molar-refractivity contribution >= 4 is 16.7 Å². The van der Waals surface area contributed by atoms with Crippen molar-refractivity contribution in [2.75, 3.05) is 0 Å². The van der Waals surface area contributed by atoms with E-state index in [0.717, 1.165) is 28.3 Å². The second-order valence-electron chi connectivity index (χ2n) is 10.9. The fourth-order valence-corrected chi connectivity index (χ4v) is 5.11. The molecule has 1 unspecified atom stereocenters. The van der Waals surface area contributed by atoms with Gasteiger partial charge in [-0.25, -0.2) is 4.98 Å². The molecule has 0 saturated carbocycles. The molecule has 6 aromatic rings. The fourth-order valence-electron chi connectivity index (χ4n) is 5.11. The van der Waals surface area contributed by atoms with E-state index >= 15 is 0 Å². The summed E-state index contributed by atoms with van der Waals surface area (Å²) in [5.41, 5.74) is 21.3. The van der Waals surface area contributed by atoms with Crippen LogP contribution >= 0.6 is 0 Å². The highest BCUT2D eigenvalue weighted by molar-refractivity contribution is 5.95. The summed E-state index contributed by atoms with van der Waals surface area (Å²) in [4.78, 5) is 17.4. The second-order valence-corrected chi connectivity index (χ2v) is 10.9. The van der Waals surface area contributed by atoms with Crippen LogP contribution in [-0.4, -0.2) is 25.8 Å². The molecule has 8 heteroatoms. The van der Waals surface area contributed by atoms with Crippen LogP contribution in [0.2, 0.25) is 0 Å². The van der Waals surface area contributed by atoms with E-state index in [-0.39, 0.29) is 11.9 Å². The van der Waals surface area contributed by atoms with Crippen LogP contribution in [-0.2, 0) is 6.54 Å². The molecule has 0 bridgehead atoms. The van der Waals surface area contributed by atoms with E-state index in [1.807, 2.05) is 79.0 Å². The normalized spacial score (nSPS) is 13.3. The molecule has 2 aromatic carbocycles. The van der Waals surface area contributed by atoms with Crippen molar-refractivity contribution in [1.82, 2.24) is 25.3 Å². The van der Waals surface area contributed by atoms with E-state index in [0.29, 0.717) is 12.2 Å². The number of nitrogens with two attached hydrogens (primary N) is 2. The first-order valence-corrected chi connectivity index (χ1v) is 15.3. The number of allylic oxidation sites excluding steroid dienone is 2. The fraction of sp³-hybridized carbons (Fsp3) is 0.103. The van der Waals surface area contributed by atoms with E-state index in [9.17, 15) is 0 Å². The Balaban J connectivity index is 0.000000140. The molecule has 8 nitrogen and oxygen atoms in total. The Bertz CT molecular complexity index is 2000. The van der Waals surface area contributed by atoms with Crippen LogP contribution in [0.4, 0.5) is 0 Å². The number of fused-ring (bicyclic) bond motifs is 1. The molecule has 1 aliphatic rings. The lowest BCUT2D eigenvalue weighted by Crippen LogP contribution is -2.30. The average molecular weight is 619 g/mol. The Morgan fingerprint density at radius 3 is 2.23 bits per heavy atom. The summed E-state index contributed by atoms with van der Waals surface area (Å²) in [6.45, 7) is 4.74. The van der Waals surface area contributed by atoms with Crippen molar-refractivity contribution in [2.24, 2.45) is 11.5 Å². The van der Waals surface area contributed by atoms with Gasteiger partial charge < -0.3 is 16.8 Å². The standard InChI is InChI=1S/C17H15N.C11H12N4.C11H11N3/c1-12-8-9-15(13(2)11-12)16-7-3-5-14-6-4-10-18-17(14)16;12-11(13)10-6-3-5-9(15-10)8-4-1-2-7-14-8;12-8-9-4-3-6-11(14-9)10-5-1-2-7-13-10/h3-11H,1-2H3;1-7,9,15H,(H3,12,13);1-7H,8,12H2. The Kier molecular flexibility index (Phi) is 10.9. The maximum atomic E-state index is 7.33. The highest BCUT2D eigenvalue weighted by Gasteiger charge is 2.14. The first kappa shape index (κ1) is 32.4. The molecule has 0 spiro atoms. The van der Waals surface area contributed by atoms with Crippen LogP contribution < -0.4 is 16.8 Å². The van der Waals surface area contributed by atoms with Crippen LogP contribution in [0.25, 0.3) is 33.4 Å². The highest BCUT2D eigenvalue weighted by atomic mass is 15.0. The van der Waals surface area contributed by atoms with Gasteiger partial charge in [-0.1, -0.05) is 78.4 Å². The van der Waals surface area contributed by atoms with Gasteiger partial charge in [-0.2, -0.15) is 0 Å². The lowest BCUT2D eigenvalue weighted by molar-refractivity contribution is 0.702. The minimum atomic E-state index is -0.00454. The third-order valence-electron chi connectivity index (χ3n) is 7.42. The molecule has 4 aromatic heterocycles. The maximum Gasteiger partial charge on any atom is 0.139 e. The van der Waals surface area contributed by atoms with Crippen molar-refractivity contribution < 1.29 is 0 Å². The molecule has 1 atom stereocenters. The molecule has 234 valence electrons. The SMILES string of the molecule is Cc1ccc(-c2cccc3cccnc23)c(C)c1.N=C(N)C1=CC=CC(c2ccccn2)N1.NCc1cccc(-c2ccccn2)n1. The number of aryl methyl sites for hydroxylation is 2. The minimum Gasteiger partial charge on any atom is -0.382 e. The van der Waals surface area contributed by atoms with Crippen molar-refractivity contribution in [3.05, 3.63) is 168 Å². The van der Waals surface area contributed by atoms with Crippen LogP contribution in [0.3, 0.4) is 0 Å². The number of rotatable bonds is 5. The molecular formula is C39H38N8. The van der Waals surface area contributed by atoms with Gasteiger partial charge in [0.1, 0.15) is 5.84 Å². The first-order valence-electron chi connectivity index (χ1n) is 15.3. The molecule has 0 amide bonds. The molecule has 47 heavy (non-hydrogen) atoms. The quantitative estimate of drug-likeness (QED) is 0.118. The molecule has 0 aliphatic carbocycles. The summed E-state index contributed by atoms with van der Waals surface area (Å²) < 4.78 is 0. The van der Waals surface area contributed by atoms with Gasteiger partial charge in [-0.05, 0) is 73.5 Å². The average Bonchev–Trinajstić information content (AvgIpc) is 3.13. The van der Waals surface area contributed by atoms with E-state index in [4.69, 9.17) is 16.9 Å². The Morgan fingerprint density at radius 1 is 0.766 bits per heavy atom. The minimum absolute atomic E-state index is 0.00454. The molecular weight excluding hydrogens is 580 g/mol. The summed E-state index contributed by atoms with van der Waals surface area (Å²) in [6, 6.07) is 34.3. The molecule has 0 saturated heterocycles. The van der Waals surface area contributed by atoms with Gasteiger partial charge in [-0.15, -0.1) is 0 Å². The van der Waals surface area contributed by atoms with Gasteiger partial charge in [-0.3, -0.25) is 20.4 Å². The molecule has 0 fully saturated rings. The number of aromatic nitrogens is 4. The zero-order chi connectivity index (χ0) is 33.0. The number of hydrogen-bond donors (Lipinski definition) is 4. The van der Waals surface area contributed by atoms with Gasteiger partial charge >= 0.3 is 0 Å². The summed E-state index contributed by atoms with van der Waals surface area (Å²) in [5, 5.41) is 11.7. The van der Waals surface area contributed by atoms with Crippen LogP contribution in [0.15, 0.2) is 146 Å². The topological polar surface area (TPSA) is 139 Å². The van der Waals surface area contributed by atoms with Crippen LogP contribution in [0.5, 0.6) is 0 Å². The second kappa shape index (κ2) is 15.8. The zero-order valence-corrected chi connectivity index (χ0v) is 26.5. The van der Waals surface area contributed by atoms with Crippen molar-refractivity contribution in [2.45, 2.75) is 26.4 Å². The van der Waals surface area contributed by atoms with Gasteiger partial charge in [0.25, 0.3) is 0 Å². The Morgan fingerprint density at radius 2 is 1.51 bits per heavy atom. The Labute approximate surface area is 275 Å². The van der Waals surface area contributed by atoms with Gasteiger partial charge in [0.2, 0.25) is 0 Å². The van der Waals surface area contributed by atoms with E-state index in [1.54, 1.807) is 18.5 Å². The molecule has 6 N–H and O–H groups in total. The monoisotopic (exact) mass is 618 g/mol. The molecule has 7 rings (SSSR count). The van der Waals surface area contributed by atoms with Crippen molar-refractivity contribution in [3.63, 3.8) is 0 Å². The number of dihydropyridines is 1. The van der Waals surface area contributed by atoms with E-state index < -0.39 is 0 Å². The highest BCUT2D eigenvalue weighted by Crippen LogP contribution is 2.29. The number of amidine groups is 1. The van der Waals surface area contributed by atoms with Gasteiger partial charge in [0.05, 0.1) is 40.0 Å². The lowest BCUT2D eigenvalue weighted by Gasteiger charge is -2.20. The summed E-state index contributed by atoms with van der Waals surface area (Å²) in [6.07, 6.45) is 11.0. The van der Waals surface area contributed by atoms with E-state index in [2.05, 4.69) is 81.6 Å². The first-order chi connectivity index (χ1) is 22.9. The molecule has 0 radical (unpaired) electrons. The number of pyridine rings is 4. The van der Waals surface area contributed by atoms with Crippen molar-refractivity contribution in [3.8, 4) is 22.5 Å². The maximum absolute atomic E-state index is 7.33. The number of nitrogens with one attached hydrogen (secondary N) is 2. The number of benzene rings is 2. The number of para-hydroxylation sites is 1. The van der Waals surface area contributed by atoms with Crippen LogP contribution in [0.1, 0.15) is 28.6 Å². The predicted octanol–water partition coefficient (Wildman–Crippen LogP) is 7.22. The largest absolute Gasteiger partial charge is 0.382 e. The summed E-state index contributed by atoms with van der Waals surface area (Å²) in [7, 11) is 0. The number of nitrogens with zero attached hydrogens (tertiary/aromatic N) is 4. The lowest BCUT2D eigenvalue weighted by atomic mass is 9.97. The smallest absolute Gasteiger partial charge is 0.139 e. The Hall–Kier alpha value is -5.99. The van der Waals surface area contributed by atoms with Gasteiger partial charge in [0.15, 0.2) is 0 Å². The molecule has 1 aliphatic heterocycles. The zero-order valence-electron chi connectivity index (χ0n) is 26.5. The van der Waals surface area contributed by atoms with Gasteiger partial charge in [0, 0.05) is 36.1 Å². The third kappa shape index (κ3) is 8.59. The third-order valence-corrected chi connectivity index (χ3v) is 7.42. The molecule has 5 heterocycles.